The molecule has 0 bridgehead atoms. The lowest BCUT2D eigenvalue weighted by Crippen LogP contribution is -1.70. The molecular weight excluding hydrogens is 82.0 g/mol. The first-order chi connectivity index (χ1) is 2.89. The molecule has 1 aliphatic rings. The van der Waals surface area contributed by atoms with E-state index in [-0.39, 0.29) is 0 Å². The Morgan fingerprint density at radius 1 is 1.67 bits per heavy atom. The molecule has 4 heteroatoms. The molecule has 1 rings (SSSR count). The molecule has 0 radical (unpaired) electrons. The van der Waals surface area contributed by atoms with Gasteiger partial charge in [-0.15, -0.1) is 5.11 Å². The van der Waals surface area contributed by atoms with Crippen LogP contribution in [0.5, 0.6) is 0 Å². The number of urea groups is 1. The lowest BCUT2D eigenvalue weighted by molar-refractivity contribution is 0.257. The Hall–Kier alpha value is -1.06. The zero-order valence-corrected chi connectivity index (χ0v) is 2.83. The summed E-state index contributed by atoms with van der Waals surface area (Å²) < 4.78 is 0. The van der Waals surface area contributed by atoms with Crippen LogP contribution in [0.25, 0.3) is 0 Å². The molecule has 2 amide bonds. The maximum absolute atomic E-state index is 9.78. The fourth-order valence-corrected chi connectivity index (χ4v) is 0.176. The standard InChI is InChI=1S/C2HN3O/c6-2-3-1-4-5-2/h1H. The van der Waals surface area contributed by atoms with E-state index in [2.05, 4.69) is 15.2 Å². The van der Waals surface area contributed by atoms with Crippen molar-refractivity contribution >= 4 is 12.4 Å². The Balaban J connectivity index is 2.86. The molecule has 30 valence electrons. The predicted octanol–water partition coefficient (Wildman–Crippen LogP) is 0.601. The van der Waals surface area contributed by atoms with Crippen molar-refractivity contribution in [2.24, 2.45) is 15.2 Å². The predicted molar refractivity (Wildman–Crippen MR) is 18.7 cm³/mol. The van der Waals surface area contributed by atoms with E-state index < -0.39 is 6.03 Å². The second-order valence-corrected chi connectivity index (χ2v) is 0.743. The van der Waals surface area contributed by atoms with Crippen LogP contribution in [0.15, 0.2) is 15.2 Å². The number of carbonyl (C=O) groups is 1. The summed E-state index contributed by atoms with van der Waals surface area (Å²) in [4.78, 5) is 12.9. The van der Waals surface area contributed by atoms with Crippen molar-refractivity contribution in [1.82, 2.24) is 0 Å². The van der Waals surface area contributed by atoms with Crippen molar-refractivity contribution in [3.8, 4) is 0 Å². The summed E-state index contributed by atoms with van der Waals surface area (Å²) >= 11 is 0. The Kier molecular flexibility index (Phi) is 0.506. The van der Waals surface area contributed by atoms with Gasteiger partial charge in [-0.05, 0) is 0 Å². The SMILES string of the molecule is O=C1N=CN=N1. The van der Waals surface area contributed by atoms with E-state index in [1.807, 2.05) is 0 Å². The molecule has 1 heterocycles. The van der Waals surface area contributed by atoms with Gasteiger partial charge in [0.15, 0.2) is 0 Å². The second kappa shape index (κ2) is 0.965. The second-order valence-electron chi connectivity index (χ2n) is 0.743. The van der Waals surface area contributed by atoms with Crippen molar-refractivity contribution in [1.29, 1.82) is 0 Å². The normalized spacial score (nSPS) is 17.0. The topological polar surface area (TPSA) is 54.1 Å². The molecule has 0 N–H and O–H groups in total. The summed E-state index contributed by atoms with van der Waals surface area (Å²) in [6, 6.07) is -0.519. The van der Waals surface area contributed by atoms with Gasteiger partial charge in [0.25, 0.3) is 0 Å². The third-order valence-electron chi connectivity index (χ3n) is 0.363. The molecule has 0 fully saturated rings. The maximum Gasteiger partial charge on any atom is 0.387 e. The minimum atomic E-state index is -0.519. The van der Waals surface area contributed by atoms with Crippen LogP contribution in [-0.4, -0.2) is 12.4 Å². The van der Waals surface area contributed by atoms with Crippen LogP contribution in [0.2, 0.25) is 0 Å². The summed E-state index contributed by atoms with van der Waals surface area (Å²) in [6.45, 7) is 0. The van der Waals surface area contributed by atoms with Crippen molar-refractivity contribution in [2.45, 2.75) is 0 Å². The average molecular weight is 83.0 g/mol. The van der Waals surface area contributed by atoms with Gasteiger partial charge in [0.1, 0.15) is 6.34 Å². The van der Waals surface area contributed by atoms with Gasteiger partial charge in [-0.1, -0.05) is 5.11 Å². The number of hydrogen-bond donors (Lipinski definition) is 0. The van der Waals surface area contributed by atoms with Crippen LogP contribution in [0.4, 0.5) is 4.79 Å². The van der Waals surface area contributed by atoms with Crippen LogP contribution in [0.1, 0.15) is 0 Å². The molecule has 0 aliphatic carbocycles. The highest BCUT2D eigenvalue weighted by Crippen LogP contribution is 1.87. The molecule has 0 atom stereocenters. The van der Waals surface area contributed by atoms with Gasteiger partial charge < -0.3 is 0 Å². The molecule has 1 aliphatic heterocycles. The van der Waals surface area contributed by atoms with Gasteiger partial charge in [0, 0.05) is 0 Å². The molecule has 0 saturated carbocycles. The third-order valence-corrected chi connectivity index (χ3v) is 0.363. The third kappa shape index (κ3) is 0.314. The van der Waals surface area contributed by atoms with Gasteiger partial charge in [-0.2, -0.15) is 4.99 Å². The summed E-state index contributed by atoms with van der Waals surface area (Å²) in [5.41, 5.74) is 0. The van der Waals surface area contributed by atoms with Gasteiger partial charge in [0.05, 0.1) is 0 Å². The lowest BCUT2D eigenvalue weighted by atomic mass is 11.1. The van der Waals surface area contributed by atoms with Gasteiger partial charge in [-0.3, -0.25) is 0 Å². The van der Waals surface area contributed by atoms with Gasteiger partial charge in [0.2, 0.25) is 0 Å². The zero-order valence-electron chi connectivity index (χ0n) is 2.83. The summed E-state index contributed by atoms with van der Waals surface area (Å²) in [5, 5.41) is 6.15. The van der Waals surface area contributed by atoms with Crippen molar-refractivity contribution in [2.75, 3.05) is 0 Å². The van der Waals surface area contributed by atoms with E-state index in [0.29, 0.717) is 0 Å². The van der Waals surface area contributed by atoms with Crippen molar-refractivity contribution in [3.05, 3.63) is 0 Å². The Morgan fingerprint density at radius 2 is 2.50 bits per heavy atom. The molecule has 0 spiro atoms. The van der Waals surface area contributed by atoms with Crippen LogP contribution in [0, 0.1) is 0 Å². The number of nitrogens with zero attached hydrogens (tertiary/aromatic N) is 3. The van der Waals surface area contributed by atoms with E-state index >= 15 is 0 Å². The molecule has 0 aromatic carbocycles. The smallest absolute Gasteiger partial charge is 0.242 e. The minimum Gasteiger partial charge on any atom is -0.242 e. The highest BCUT2D eigenvalue weighted by Gasteiger charge is 1.93. The summed E-state index contributed by atoms with van der Waals surface area (Å²) in [5.74, 6) is 0. The maximum atomic E-state index is 9.78. The first kappa shape index (κ1) is 3.14. The highest BCUT2D eigenvalue weighted by molar-refractivity contribution is 5.87. The fourth-order valence-electron chi connectivity index (χ4n) is 0.176. The zero-order chi connectivity index (χ0) is 4.41. The van der Waals surface area contributed by atoms with Crippen LogP contribution in [0.3, 0.4) is 0 Å². The first-order valence-corrected chi connectivity index (χ1v) is 1.37. The lowest BCUT2D eigenvalue weighted by Gasteiger charge is -1.58. The van der Waals surface area contributed by atoms with Crippen molar-refractivity contribution in [3.63, 3.8) is 0 Å². The van der Waals surface area contributed by atoms with Crippen LogP contribution < -0.4 is 0 Å². The average Bonchev–Trinajstić information content (AvgIpc) is 1.86. The van der Waals surface area contributed by atoms with Gasteiger partial charge >= 0.3 is 6.03 Å². The van der Waals surface area contributed by atoms with E-state index in [9.17, 15) is 4.79 Å². The molecule has 4 nitrogen and oxygen atoms in total. The van der Waals surface area contributed by atoms with E-state index in [1.54, 1.807) is 0 Å². The number of carbonyl (C=O) groups excluding carboxylic acids is 1. The minimum absolute atomic E-state index is 0.519. The molecule has 0 aromatic heterocycles. The van der Waals surface area contributed by atoms with E-state index in [1.165, 1.54) is 0 Å². The Bertz CT molecular complexity index is 111. The van der Waals surface area contributed by atoms with Crippen LogP contribution >= 0.6 is 0 Å². The van der Waals surface area contributed by atoms with Gasteiger partial charge in [-0.25, -0.2) is 4.79 Å². The molecule has 6 heavy (non-hydrogen) atoms. The first-order valence-electron chi connectivity index (χ1n) is 1.37. The number of amides is 2. The Labute approximate surface area is 33.6 Å². The quantitative estimate of drug-likeness (QED) is 0.423. The number of hydrogen-bond acceptors (Lipinski definition) is 2. The van der Waals surface area contributed by atoms with Crippen LogP contribution in [-0.2, 0) is 0 Å². The number of rotatable bonds is 0. The van der Waals surface area contributed by atoms with Crippen molar-refractivity contribution < 1.29 is 4.79 Å². The highest BCUT2D eigenvalue weighted by atomic mass is 16.2. The monoisotopic (exact) mass is 83.0 g/mol. The fraction of sp³-hybridized carbons (Fsp3) is 0. The number of aliphatic imine (C=N–C) groups is 1. The number of azo groups is 1. The largest absolute Gasteiger partial charge is 0.387 e. The van der Waals surface area contributed by atoms with E-state index in [0.717, 1.165) is 6.34 Å². The Morgan fingerprint density at radius 3 is 2.67 bits per heavy atom. The molecule has 0 unspecified atom stereocenters. The summed E-state index contributed by atoms with van der Waals surface area (Å²) in [7, 11) is 0. The molecule has 0 saturated heterocycles. The summed E-state index contributed by atoms with van der Waals surface area (Å²) in [6.07, 6.45) is 1.11. The molecular formula is C2HN3O. The molecule has 0 aromatic rings. The van der Waals surface area contributed by atoms with E-state index in [4.69, 9.17) is 0 Å².